The summed E-state index contributed by atoms with van der Waals surface area (Å²) in [4.78, 5) is 35.3. The molecule has 7 heteroatoms. The van der Waals surface area contributed by atoms with Crippen molar-refractivity contribution in [2.75, 3.05) is 5.32 Å². The Kier molecular flexibility index (Phi) is 5.27. The Morgan fingerprint density at radius 1 is 1.28 bits per heavy atom. The average molecular weight is 346 g/mol. The normalized spacial score (nSPS) is 12.7. The van der Waals surface area contributed by atoms with Crippen molar-refractivity contribution in [2.24, 2.45) is 5.73 Å². The molecule has 1 aromatic heterocycles. The van der Waals surface area contributed by atoms with Gasteiger partial charge in [0.05, 0.1) is 12.5 Å². The summed E-state index contributed by atoms with van der Waals surface area (Å²) >= 11 is 0. The van der Waals surface area contributed by atoms with Crippen LogP contribution in [-0.4, -0.2) is 23.5 Å². The molecule has 0 spiro atoms. The number of nitrogens with two attached hydrogens (primary N) is 1. The molecule has 1 heterocycles. The third-order valence-corrected chi connectivity index (χ3v) is 3.36. The Labute approximate surface area is 145 Å². The summed E-state index contributed by atoms with van der Waals surface area (Å²) in [7, 11) is 0. The lowest BCUT2D eigenvalue weighted by Crippen LogP contribution is -2.39. The number of hydrogen-bond donors (Lipinski definition) is 2. The van der Waals surface area contributed by atoms with Crippen LogP contribution >= 0.6 is 0 Å². The number of fused-ring (bicyclic) bond motifs is 1. The second kappa shape index (κ2) is 7.06. The van der Waals surface area contributed by atoms with Crippen LogP contribution in [-0.2, 0) is 14.3 Å². The number of aryl methyl sites for hydroxylation is 1. The van der Waals surface area contributed by atoms with E-state index in [-0.39, 0.29) is 6.42 Å². The molecule has 7 nitrogen and oxygen atoms in total. The van der Waals surface area contributed by atoms with E-state index < -0.39 is 29.1 Å². The van der Waals surface area contributed by atoms with E-state index in [1.807, 2.05) is 0 Å². The second-order valence-electron chi connectivity index (χ2n) is 6.85. The third kappa shape index (κ3) is 5.15. The monoisotopic (exact) mass is 346 g/mol. The fourth-order valence-corrected chi connectivity index (χ4v) is 2.29. The Bertz CT molecular complexity index is 864. The predicted octanol–water partition coefficient (Wildman–Crippen LogP) is 2.10. The van der Waals surface area contributed by atoms with E-state index >= 15 is 0 Å². The van der Waals surface area contributed by atoms with Crippen molar-refractivity contribution >= 4 is 28.5 Å². The Morgan fingerprint density at radius 2 is 1.96 bits per heavy atom. The quantitative estimate of drug-likeness (QED) is 0.648. The van der Waals surface area contributed by atoms with E-state index in [1.54, 1.807) is 45.9 Å². The lowest BCUT2D eigenvalue weighted by atomic mass is 10.1. The summed E-state index contributed by atoms with van der Waals surface area (Å²) < 4.78 is 10.3. The van der Waals surface area contributed by atoms with Crippen LogP contribution in [0, 0.1) is 6.92 Å². The summed E-state index contributed by atoms with van der Waals surface area (Å²) in [6, 6.07) is 5.31. The Hall–Kier alpha value is -2.67. The van der Waals surface area contributed by atoms with Gasteiger partial charge in [0.25, 0.3) is 0 Å². The number of carbonyl (C=O) groups is 2. The van der Waals surface area contributed by atoms with Crippen LogP contribution < -0.4 is 16.7 Å². The molecule has 0 saturated carbocycles. The van der Waals surface area contributed by atoms with Crippen LogP contribution in [0.3, 0.4) is 0 Å². The number of rotatable bonds is 4. The summed E-state index contributed by atoms with van der Waals surface area (Å²) in [5.74, 6) is -1.07. The summed E-state index contributed by atoms with van der Waals surface area (Å²) in [5, 5.41) is 3.38. The third-order valence-electron chi connectivity index (χ3n) is 3.36. The molecule has 0 radical (unpaired) electrons. The smallest absolute Gasteiger partial charge is 0.336 e. The molecular formula is C18H22N2O5. The molecule has 0 bridgehead atoms. The van der Waals surface area contributed by atoms with Gasteiger partial charge in [0.1, 0.15) is 11.2 Å². The molecule has 0 aliphatic heterocycles. The van der Waals surface area contributed by atoms with Crippen molar-refractivity contribution in [2.45, 2.75) is 45.8 Å². The highest BCUT2D eigenvalue weighted by atomic mass is 16.6. The number of amides is 1. The SMILES string of the molecule is Cc1cc(=O)oc2cc(NC(=O)[C@H](N)CC(=O)OC(C)(C)C)ccc12. The first-order valence-electron chi connectivity index (χ1n) is 7.88. The summed E-state index contributed by atoms with van der Waals surface area (Å²) in [6.45, 7) is 7.01. The molecular weight excluding hydrogens is 324 g/mol. The predicted molar refractivity (Wildman–Crippen MR) is 94.3 cm³/mol. The van der Waals surface area contributed by atoms with Crippen molar-refractivity contribution in [1.82, 2.24) is 0 Å². The number of benzene rings is 1. The number of ether oxygens (including phenoxy) is 1. The van der Waals surface area contributed by atoms with E-state index in [1.165, 1.54) is 6.07 Å². The standard InChI is InChI=1S/C18H22N2O5/c1-10-7-15(21)24-14-8-11(5-6-12(10)14)20-17(23)13(19)9-16(22)25-18(2,3)4/h5-8,13H,9,19H2,1-4H3,(H,20,23)/t13-/m1/s1. The molecule has 2 aromatic rings. The molecule has 1 amide bonds. The van der Waals surface area contributed by atoms with Gasteiger partial charge in [0.2, 0.25) is 5.91 Å². The molecule has 1 aromatic carbocycles. The number of nitrogens with one attached hydrogen (secondary N) is 1. The highest BCUT2D eigenvalue weighted by Crippen LogP contribution is 2.21. The fourth-order valence-electron chi connectivity index (χ4n) is 2.29. The summed E-state index contributed by atoms with van der Waals surface area (Å²) in [6.07, 6.45) is -0.231. The molecule has 0 saturated heterocycles. The van der Waals surface area contributed by atoms with Crippen molar-refractivity contribution in [3.8, 4) is 0 Å². The molecule has 1 atom stereocenters. The first-order chi connectivity index (χ1) is 11.5. The van der Waals surface area contributed by atoms with Gasteiger partial charge in [-0.25, -0.2) is 4.79 Å². The zero-order chi connectivity index (χ0) is 18.8. The first-order valence-corrected chi connectivity index (χ1v) is 7.88. The van der Waals surface area contributed by atoms with Crippen molar-refractivity contribution < 1.29 is 18.7 Å². The van der Waals surface area contributed by atoms with Crippen LogP contribution in [0.1, 0.15) is 32.8 Å². The molecule has 0 aliphatic carbocycles. The second-order valence-corrected chi connectivity index (χ2v) is 6.85. The molecule has 134 valence electrons. The van der Waals surface area contributed by atoms with Crippen molar-refractivity contribution in [3.05, 3.63) is 40.2 Å². The molecule has 0 unspecified atom stereocenters. The van der Waals surface area contributed by atoms with Gasteiger partial charge < -0.3 is 20.2 Å². The van der Waals surface area contributed by atoms with E-state index in [9.17, 15) is 14.4 Å². The van der Waals surface area contributed by atoms with Crippen molar-refractivity contribution in [1.29, 1.82) is 0 Å². The number of hydrogen-bond acceptors (Lipinski definition) is 6. The van der Waals surface area contributed by atoms with Crippen molar-refractivity contribution in [3.63, 3.8) is 0 Å². The number of carbonyl (C=O) groups excluding carboxylic acids is 2. The number of esters is 1. The maximum Gasteiger partial charge on any atom is 0.336 e. The average Bonchev–Trinajstić information content (AvgIpc) is 2.44. The highest BCUT2D eigenvalue weighted by Gasteiger charge is 2.22. The van der Waals surface area contributed by atoms with E-state index in [0.717, 1.165) is 10.9 Å². The zero-order valence-electron chi connectivity index (χ0n) is 14.7. The largest absolute Gasteiger partial charge is 0.460 e. The molecule has 0 fully saturated rings. The van der Waals surface area contributed by atoms with Gasteiger partial charge in [-0.05, 0) is 45.4 Å². The van der Waals surface area contributed by atoms with E-state index in [0.29, 0.717) is 11.3 Å². The molecule has 3 N–H and O–H groups in total. The van der Waals surface area contributed by atoms with Crippen LogP contribution in [0.2, 0.25) is 0 Å². The minimum absolute atomic E-state index is 0.231. The van der Waals surface area contributed by atoms with Gasteiger partial charge in [0, 0.05) is 23.2 Å². The minimum atomic E-state index is -1.05. The van der Waals surface area contributed by atoms with E-state index in [2.05, 4.69) is 5.32 Å². The van der Waals surface area contributed by atoms with E-state index in [4.69, 9.17) is 14.9 Å². The maximum atomic E-state index is 12.1. The topological polar surface area (TPSA) is 112 Å². The zero-order valence-corrected chi connectivity index (χ0v) is 14.7. The van der Waals surface area contributed by atoms with Gasteiger partial charge >= 0.3 is 11.6 Å². The maximum absolute atomic E-state index is 12.1. The number of anilines is 1. The molecule has 0 aliphatic rings. The van der Waals surface area contributed by atoms with Gasteiger partial charge in [-0.2, -0.15) is 0 Å². The lowest BCUT2D eigenvalue weighted by molar-refractivity contribution is -0.155. The molecule has 2 rings (SSSR count). The first kappa shape index (κ1) is 18.7. The van der Waals surface area contributed by atoms with Crippen LogP contribution in [0.25, 0.3) is 11.0 Å². The molecule has 25 heavy (non-hydrogen) atoms. The van der Waals surface area contributed by atoms with Gasteiger partial charge in [0.15, 0.2) is 0 Å². The summed E-state index contributed by atoms with van der Waals surface area (Å²) in [5.41, 5.74) is 6.23. The van der Waals surface area contributed by atoms with Gasteiger partial charge in [-0.3, -0.25) is 9.59 Å². The Balaban J connectivity index is 2.08. The lowest BCUT2D eigenvalue weighted by Gasteiger charge is -2.20. The Morgan fingerprint density at radius 3 is 2.60 bits per heavy atom. The van der Waals surface area contributed by atoms with Gasteiger partial charge in [-0.1, -0.05) is 0 Å². The van der Waals surface area contributed by atoms with Crippen LogP contribution in [0.4, 0.5) is 5.69 Å². The van der Waals surface area contributed by atoms with Crippen LogP contribution in [0.5, 0.6) is 0 Å². The fraction of sp³-hybridized carbons (Fsp3) is 0.389. The van der Waals surface area contributed by atoms with Gasteiger partial charge in [-0.15, -0.1) is 0 Å². The minimum Gasteiger partial charge on any atom is -0.460 e. The highest BCUT2D eigenvalue weighted by molar-refractivity contribution is 5.98. The van der Waals surface area contributed by atoms with Crippen LogP contribution in [0.15, 0.2) is 33.5 Å².